The van der Waals surface area contributed by atoms with E-state index in [1.54, 1.807) is 0 Å². The molecule has 0 aliphatic heterocycles. The second kappa shape index (κ2) is 11.0. The molecule has 1 atom stereocenters. The van der Waals surface area contributed by atoms with Gasteiger partial charge in [0, 0.05) is 12.5 Å². The molecule has 1 aliphatic carbocycles. The lowest BCUT2D eigenvalue weighted by Gasteiger charge is -2.27. The summed E-state index contributed by atoms with van der Waals surface area (Å²) in [4.78, 5) is 38.2. The Morgan fingerprint density at radius 1 is 1.03 bits per heavy atom. The molecule has 2 aromatic carbocycles. The van der Waals surface area contributed by atoms with Crippen molar-refractivity contribution in [3.63, 3.8) is 0 Å². The summed E-state index contributed by atoms with van der Waals surface area (Å²) in [6.07, 6.45) is 0.337. The van der Waals surface area contributed by atoms with Crippen molar-refractivity contribution in [1.82, 2.24) is 10.2 Å². The highest BCUT2D eigenvalue weighted by atomic mass is 16.5. The average Bonchev–Trinajstić information content (AvgIpc) is 3.09. The van der Waals surface area contributed by atoms with Crippen molar-refractivity contribution in [3.05, 3.63) is 59.7 Å². The lowest BCUT2D eigenvalue weighted by Crippen LogP contribution is -2.50. The molecule has 176 valence electrons. The van der Waals surface area contributed by atoms with Crippen LogP contribution in [0.15, 0.2) is 48.5 Å². The van der Waals surface area contributed by atoms with E-state index in [0.717, 1.165) is 22.3 Å². The number of carboxylic acid groups (broad SMARTS) is 1. The zero-order valence-corrected chi connectivity index (χ0v) is 19.4. The summed E-state index contributed by atoms with van der Waals surface area (Å²) < 4.78 is 5.59. The molecule has 2 N–H and O–H groups in total. The van der Waals surface area contributed by atoms with E-state index in [2.05, 4.69) is 17.4 Å². The van der Waals surface area contributed by atoms with Gasteiger partial charge in [-0.15, -0.1) is 0 Å². The van der Waals surface area contributed by atoms with Crippen molar-refractivity contribution in [2.75, 3.05) is 19.7 Å². The maximum absolute atomic E-state index is 13.0. The lowest BCUT2D eigenvalue weighted by atomic mass is 9.98. The Morgan fingerprint density at radius 2 is 1.61 bits per heavy atom. The van der Waals surface area contributed by atoms with Crippen molar-refractivity contribution in [2.24, 2.45) is 5.92 Å². The normalized spacial score (nSPS) is 13.2. The van der Waals surface area contributed by atoms with Gasteiger partial charge in [-0.2, -0.15) is 0 Å². The zero-order chi connectivity index (χ0) is 24.0. The number of ether oxygens (including phenoxy) is 1. The van der Waals surface area contributed by atoms with Crippen LogP contribution in [0, 0.1) is 5.92 Å². The Labute approximate surface area is 194 Å². The summed E-state index contributed by atoms with van der Waals surface area (Å²) in [5, 5.41) is 11.9. The number of nitrogens with one attached hydrogen (secondary N) is 1. The first-order chi connectivity index (χ1) is 15.8. The van der Waals surface area contributed by atoms with Gasteiger partial charge in [-0.1, -0.05) is 69.3 Å². The van der Waals surface area contributed by atoms with E-state index in [1.807, 2.05) is 57.2 Å². The quantitative estimate of drug-likeness (QED) is 0.561. The molecule has 2 amide bonds. The van der Waals surface area contributed by atoms with Crippen LogP contribution in [-0.2, 0) is 14.3 Å². The van der Waals surface area contributed by atoms with Crippen molar-refractivity contribution >= 4 is 18.0 Å². The molecule has 0 saturated heterocycles. The van der Waals surface area contributed by atoms with Gasteiger partial charge in [0.1, 0.15) is 19.2 Å². The number of carbonyl (C=O) groups excluding carboxylic acids is 2. The molecule has 1 aliphatic rings. The van der Waals surface area contributed by atoms with E-state index in [0.29, 0.717) is 19.4 Å². The summed E-state index contributed by atoms with van der Waals surface area (Å²) in [5.74, 6) is -1.44. The van der Waals surface area contributed by atoms with Gasteiger partial charge < -0.3 is 20.1 Å². The summed E-state index contributed by atoms with van der Waals surface area (Å²) in [7, 11) is 0. The molecular formula is C26H32N2O5. The Hall–Kier alpha value is -3.35. The highest BCUT2D eigenvalue weighted by Crippen LogP contribution is 2.44. The molecule has 3 rings (SSSR count). The maximum Gasteiger partial charge on any atom is 0.407 e. The van der Waals surface area contributed by atoms with Gasteiger partial charge >= 0.3 is 12.1 Å². The number of nitrogens with zero attached hydrogens (tertiary/aromatic N) is 1. The van der Waals surface area contributed by atoms with Crippen molar-refractivity contribution in [1.29, 1.82) is 0 Å². The van der Waals surface area contributed by atoms with Crippen LogP contribution in [0.5, 0.6) is 0 Å². The highest BCUT2D eigenvalue weighted by molar-refractivity contribution is 5.88. The van der Waals surface area contributed by atoms with Gasteiger partial charge in [-0.3, -0.25) is 9.59 Å². The topological polar surface area (TPSA) is 95.9 Å². The SMILES string of the molecule is CCCN(CC(=O)O)C(=O)[C@@H](CC(C)C)NC(=O)OCC1c2ccccc2-c2ccccc21. The molecule has 0 saturated carbocycles. The number of rotatable bonds is 10. The van der Waals surface area contributed by atoms with Gasteiger partial charge in [-0.25, -0.2) is 4.79 Å². The number of benzene rings is 2. The van der Waals surface area contributed by atoms with E-state index in [9.17, 15) is 14.4 Å². The monoisotopic (exact) mass is 452 g/mol. The fourth-order valence-electron chi connectivity index (χ4n) is 4.40. The molecule has 0 aromatic heterocycles. The average molecular weight is 453 g/mol. The third-order valence-electron chi connectivity index (χ3n) is 5.77. The standard InChI is InChI=1S/C26H32N2O5/c1-4-13-28(15-24(29)30)25(31)23(14-17(2)3)27-26(32)33-16-22-20-11-7-5-9-18(20)19-10-6-8-12-21(19)22/h5-12,17,22-23H,4,13-16H2,1-3H3,(H,27,32)(H,29,30)/t23-/m1/s1. The van der Waals surface area contributed by atoms with Crippen LogP contribution in [0.3, 0.4) is 0 Å². The molecule has 7 nitrogen and oxygen atoms in total. The molecule has 7 heteroatoms. The Bertz CT molecular complexity index is 958. The molecule has 33 heavy (non-hydrogen) atoms. The Morgan fingerprint density at radius 3 is 2.12 bits per heavy atom. The molecule has 0 unspecified atom stereocenters. The van der Waals surface area contributed by atoms with Crippen LogP contribution in [-0.4, -0.2) is 53.7 Å². The summed E-state index contributed by atoms with van der Waals surface area (Å²) in [6.45, 7) is 5.83. The summed E-state index contributed by atoms with van der Waals surface area (Å²) in [6, 6.07) is 15.3. The van der Waals surface area contributed by atoms with E-state index in [-0.39, 0.29) is 18.4 Å². The van der Waals surface area contributed by atoms with Gasteiger partial charge in [0.15, 0.2) is 0 Å². The van der Waals surface area contributed by atoms with Crippen LogP contribution in [0.4, 0.5) is 4.79 Å². The number of aliphatic carboxylic acids is 1. The number of amides is 2. The van der Waals surface area contributed by atoms with Crippen LogP contribution in [0.1, 0.15) is 50.7 Å². The summed E-state index contributed by atoms with van der Waals surface area (Å²) in [5.41, 5.74) is 4.49. The lowest BCUT2D eigenvalue weighted by molar-refractivity contribution is -0.145. The van der Waals surface area contributed by atoms with E-state index in [4.69, 9.17) is 9.84 Å². The number of carboxylic acids is 1. The minimum Gasteiger partial charge on any atom is -0.480 e. The number of carbonyl (C=O) groups is 3. The molecule has 0 bridgehead atoms. The molecule has 2 aromatic rings. The Kier molecular flexibility index (Phi) is 8.09. The third kappa shape index (κ3) is 5.92. The third-order valence-corrected chi connectivity index (χ3v) is 5.77. The van der Waals surface area contributed by atoms with Crippen LogP contribution >= 0.6 is 0 Å². The minimum absolute atomic E-state index is 0.0778. The van der Waals surface area contributed by atoms with Crippen molar-refractivity contribution in [2.45, 2.75) is 45.6 Å². The van der Waals surface area contributed by atoms with Gasteiger partial charge in [0.25, 0.3) is 0 Å². The van der Waals surface area contributed by atoms with Crippen LogP contribution in [0.25, 0.3) is 11.1 Å². The second-order valence-electron chi connectivity index (χ2n) is 8.81. The predicted molar refractivity (Wildman–Crippen MR) is 126 cm³/mol. The number of alkyl carbamates (subject to hydrolysis) is 1. The number of fused-ring (bicyclic) bond motifs is 3. The minimum atomic E-state index is -1.08. The molecule has 0 radical (unpaired) electrons. The predicted octanol–water partition coefficient (Wildman–Crippen LogP) is 4.26. The van der Waals surface area contributed by atoms with E-state index >= 15 is 0 Å². The van der Waals surface area contributed by atoms with Crippen LogP contribution < -0.4 is 5.32 Å². The van der Waals surface area contributed by atoms with Crippen molar-refractivity contribution in [3.8, 4) is 11.1 Å². The van der Waals surface area contributed by atoms with E-state index in [1.165, 1.54) is 4.90 Å². The smallest absolute Gasteiger partial charge is 0.407 e. The largest absolute Gasteiger partial charge is 0.480 e. The molecular weight excluding hydrogens is 420 g/mol. The van der Waals surface area contributed by atoms with Gasteiger partial charge in [0.05, 0.1) is 0 Å². The fraction of sp³-hybridized carbons (Fsp3) is 0.423. The fourth-order valence-corrected chi connectivity index (χ4v) is 4.40. The maximum atomic E-state index is 13.0. The first-order valence-corrected chi connectivity index (χ1v) is 11.4. The molecule has 0 fully saturated rings. The first kappa shape index (κ1) is 24.3. The molecule has 0 spiro atoms. The van der Waals surface area contributed by atoms with Gasteiger partial charge in [-0.05, 0) is 41.0 Å². The number of hydrogen-bond donors (Lipinski definition) is 2. The van der Waals surface area contributed by atoms with Crippen LogP contribution in [0.2, 0.25) is 0 Å². The molecule has 0 heterocycles. The zero-order valence-electron chi connectivity index (χ0n) is 19.4. The summed E-state index contributed by atoms with van der Waals surface area (Å²) >= 11 is 0. The number of hydrogen-bond acceptors (Lipinski definition) is 4. The highest BCUT2D eigenvalue weighted by Gasteiger charge is 2.31. The Balaban J connectivity index is 1.70. The first-order valence-electron chi connectivity index (χ1n) is 11.4. The van der Waals surface area contributed by atoms with E-state index < -0.39 is 30.6 Å². The van der Waals surface area contributed by atoms with Crippen molar-refractivity contribution < 1.29 is 24.2 Å². The van der Waals surface area contributed by atoms with Gasteiger partial charge in [0.2, 0.25) is 5.91 Å². The second-order valence-corrected chi connectivity index (χ2v) is 8.81.